The van der Waals surface area contributed by atoms with Crippen molar-refractivity contribution in [3.8, 4) is 5.75 Å². The van der Waals surface area contributed by atoms with Crippen LogP contribution in [0.1, 0.15) is 12.0 Å². The fraction of sp³-hybridized carbons (Fsp3) is 0.167. The number of carbonyl (C=O) groups is 2. The number of ether oxygens (including phenoxy) is 1. The van der Waals surface area contributed by atoms with Crippen LogP contribution in [-0.2, 0) is 9.59 Å². The first-order valence-electron chi connectivity index (χ1n) is 7.64. The molecule has 2 aromatic rings. The molecule has 0 saturated heterocycles. The summed E-state index contributed by atoms with van der Waals surface area (Å²) >= 11 is 1.63. The minimum Gasteiger partial charge on any atom is -0.484 e. The zero-order valence-electron chi connectivity index (χ0n) is 13.6. The number of hydrogen-bond donors (Lipinski definition) is 2. The van der Waals surface area contributed by atoms with Crippen molar-refractivity contribution in [2.24, 2.45) is 10.8 Å². The molecule has 0 atom stereocenters. The quantitative estimate of drug-likeness (QED) is 0.409. The van der Waals surface area contributed by atoms with Gasteiger partial charge in [0.2, 0.25) is 5.91 Å². The molecule has 0 aliphatic carbocycles. The van der Waals surface area contributed by atoms with Crippen LogP contribution in [0.3, 0.4) is 0 Å². The number of benzene rings is 2. The van der Waals surface area contributed by atoms with Crippen LogP contribution in [0.5, 0.6) is 5.75 Å². The molecule has 0 unspecified atom stereocenters. The Bertz CT molecular complexity index is 718. The van der Waals surface area contributed by atoms with Crippen molar-refractivity contribution in [3.05, 3.63) is 60.2 Å². The number of rotatable bonds is 9. The fourth-order valence-electron chi connectivity index (χ4n) is 1.82. The highest BCUT2D eigenvalue weighted by Crippen LogP contribution is 2.17. The van der Waals surface area contributed by atoms with Crippen molar-refractivity contribution >= 4 is 29.8 Å². The fourth-order valence-corrected chi connectivity index (χ4v) is 2.69. The Morgan fingerprint density at radius 2 is 1.84 bits per heavy atom. The van der Waals surface area contributed by atoms with Gasteiger partial charge in [-0.2, -0.15) is 5.10 Å². The van der Waals surface area contributed by atoms with E-state index in [0.717, 1.165) is 10.5 Å². The van der Waals surface area contributed by atoms with Crippen LogP contribution >= 0.6 is 11.8 Å². The lowest BCUT2D eigenvalue weighted by atomic mass is 10.2. The van der Waals surface area contributed by atoms with E-state index in [9.17, 15) is 9.59 Å². The molecule has 6 nitrogen and oxygen atoms in total. The molecule has 0 spiro atoms. The summed E-state index contributed by atoms with van der Waals surface area (Å²) in [6.45, 7) is -0.162. The normalized spacial score (nSPS) is 10.6. The first-order valence-corrected chi connectivity index (χ1v) is 8.63. The molecule has 0 radical (unpaired) electrons. The number of nitrogens with one attached hydrogen (secondary N) is 1. The Hall–Kier alpha value is -2.80. The Morgan fingerprint density at radius 3 is 2.52 bits per heavy atom. The van der Waals surface area contributed by atoms with E-state index in [1.165, 1.54) is 0 Å². The molecule has 2 amide bonds. The molecular weight excluding hydrogens is 338 g/mol. The number of nitrogens with zero attached hydrogens (tertiary/aromatic N) is 1. The standard InChI is InChI=1S/C18H19N3O3S/c19-17(22)13-24-15-8-6-14(7-9-15)12-20-21-18(23)10-11-25-16-4-2-1-3-5-16/h1-9,12H,10-11,13H2,(H2,19,22)(H,21,23)/b20-12-. The molecule has 0 bridgehead atoms. The van der Waals surface area contributed by atoms with E-state index in [0.29, 0.717) is 17.9 Å². The molecule has 2 rings (SSSR count). The van der Waals surface area contributed by atoms with Crippen LogP contribution < -0.4 is 15.9 Å². The number of nitrogens with two attached hydrogens (primary N) is 1. The molecular formula is C18H19N3O3S. The Balaban J connectivity index is 1.69. The number of hydrazone groups is 1. The van der Waals surface area contributed by atoms with Crippen molar-refractivity contribution in [3.63, 3.8) is 0 Å². The largest absolute Gasteiger partial charge is 0.484 e. The van der Waals surface area contributed by atoms with Gasteiger partial charge in [-0.3, -0.25) is 9.59 Å². The molecule has 0 saturated carbocycles. The van der Waals surface area contributed by atoms with Crippen LogP contribution in [0.4, 0.5) is 0 Å². The van der Waals surface area contributed by atoms with Gasteiger partial charge in [-0.1, -0.05) is 18.2 Å². The van der Waals surface area contributed by atoms with Crippen LogP contribution in [0.15, 0.2) is 64.6 Å². The van der Waals surface area contributed by atoms with Gasteiger partial charge in [0, 0.05) is 17.1 Å². The summed E-state index contributed by atoms with van der Waals surface area (Å²) in [5.74, 6) is 0.565. The van der Waals surface area contributed by atoms with Crippen LogP contribution in [0.25, 0.3) is 0 Å². The Kier molecular flexibility index (Phi) is 7.52. The minimum atomic E-state index is -0.529. The summed E-state index contributed by atoms with van der Waals surface area (Å²) in [7, 11) is 0. The van der Waals surface area contributed by atoms with Crippen molar-refractivity contribution in [2.45, 2.75) is 11.3 Å². The van der Waals surface area contributed by atoms with Gasteiger partial charge in [-0.15, -0.1) is 11.8 Å². The van der Waals surface area contributed by atoms with E-state index in [-0.39, 0.29) is 12.5 Å². The number of carbonyl (C=O) groups excluding carboxylic acids is 2. The molecule has 0 aliphatic rings. The molecule has 0 fully saturated rings. The molecule has 130 valence electrons. The number of primary amides is 1. The molecule has 3 N–H and O–H groups in total. The van der Waals surface area contributed by atoms with E-state index < -0.39 is 5.91 Å². The minimum absolute atomic E-state index is 0.138. The topological polar surface area (TPSA) is 93.8 Å². The summed E-state index contributed by atoms with van der Waals surface area (Å²) in [6, 6.07) is 16.8. The summed E-state index contributed by atoms with van der Waals surface area (Å²) in [5, 5.41) is 3.92. The third-order valence-corrected chi connectivity index (χ3v) is 4.02. The van der Waals surface area contributed by atoms with Crippen molar-refractivity contribution in [2.75, 3.05) is 12.4 Å². The molecule has 2 aromatic carbocycles. The number of thioether (sulfide) groups is 1. The van der Waals surface area contributed by atoms with Crippen molar-refractivity contribution < 1.29 is 14.3 Å². The SMILES string of the molecule is NC(=O)COc1ccc(/C=N\NC(=O)CCSc2ccccc2)cc1. The lowest BCUT2D eigenvalue weighted by Crippen LogP contribution is -2.20. The average molecular weight is 357 g/mol. The van der Waals surface area contributed by atoms with Gasteiger partial charge in [0.05, 0.1) is 6.21 Å². The maximum atomic E-state index is 11.7. The zero-order chi connectivity index (χ0) is 17.9. The van der Waals surface area contributed by atoms with E-state index in [2.05, 4.69) is 10.5 Å². The average Bonchev–Trinajstić information content (AvgIpc) is 2.62. The maximum absolute atomic E-state index is 11.7. The molecule has 0 heterocycles. The van der Waals surface area contributed by atoms with Gasteiger partial charge in [0.25, 0.3) is 5.91 Å². The Morgan fingerprint density at radius 1 is 1.12 bits per heavy atom. The lowest BCUT2D eigenvalue weighted by Gasteiger charge is -2.03. The lowest BCUT2D eigenvalue weighted by molar-refractivity contribution is -0.121. The Labute approximate surface area is 150 Å². The number of hydrogen-bond acceptors (Lipinski definition) is 5. The van der Waals surface area contributed by atoms with Crippen LogP contribution in [-0.4, -0.2) is 30.4 Å². The van der Waals surface area contributed by atoms with Crippen molar-refractivity contribution in [1.29, 1.82) is 0 Å². The van der Waals surface area contributed by atoms with E-state index in [1.54, 1.807) is 42.2 Å². The van der Waals surface area contributed by atoms with Gasteiger partial charge in [-0.25, -0.2) is 5.43 Å². The van der Waals surface area contributed by atoms with Gasteiger partial charge >= 0.3 is 0 Å². The predicted molar refractivity (Wildman–Crippen MR) is 98.7 cm³/mol. The molecule has 25 heavy (non-hydrogen) atoms. The van der Waals surface area contributed by atoms with Gasteiger partial charge in [-0.05, 0) is 42.0 Å². The first kappa shape index (κ1) is 18.5. The summed E-state index contributed by atoms with van der Waals surface area (Å²) < 4.78 is 5.15. The van der Waals surface area contributed by atoms with E-state index in [1.807, 2.05) is 30.3 Å². The molecule has 7 heteroatoms. The van der Waals surface area contributed by atoms with Crippen LogP contribution in [0, 0.1) is 0 Å². The summed E-state index contributed by atoms with van der Waals surface area (Å²) in [5.41, 5.74) is 8.30. The number of amides is 2. The predicted octanol–water partition coefficient (Wildman–Crippen LogP) is 2.18. The highest BCUT2D eigenvalue weighted by molar-refractivity contribution is 7.99. The van der Waals surface area contributed by atoms with Gasteiger partial charge < -0.3 is 10.5 Å². The first-order chi connectivity index (χ1) is 12.1. The third-order valence-electron chi connectivity index (χ3n) is 3.01. The monoisotopic (exact) mass is 357 g/mol. The smallest absolute Gasteiger partial charge is 0.255 e. The van der Waals surface area contributed by atoms with E-state index in [4.69, 9.17) is 10.5 Å². The molecule has 0 aliphatic heterocycles. The molecule has 0 aromatic heterocycles. The van der Waals surface area contributed by atoms with Gasteiger partial charge in [0.15, 0.2) is 6.61 Å². The highest BCUT2D eigenvalue weighted by atomic mass is 32.2. The van der Waals surface area contributed by atoms with Crippen molar-refractivity contribution in [1.82, 2.24) is 5.43 Å². The second-order valence-corrected chi connectivity index (χ2v) is 6.20. The van der Waals surface area contributed by atoms with Gasteiger partial charge in [0.1, 0.15) is 5.75 Å². The van der Waals surface area contributed by atoms with Crippen LogP contribution in [0.2, 0.25) is 0 Å². The van der Waals surface area contributed by atoms with E-state index >= 15 is 0 Å². The summed E-state index contributed by atoms with van der Waals surface area (Å²) in [4.78, 5) is 23.5. The maximum Gasteiger partial charge on any atom is 0.255 e. The third kappa shape index (κ3) is 7.54. The zero-order valence-corrected chi connectivity index (χ0v) is 14.4. The second kappa shape index (κ2) is 10.1. The second-order valence-electron chi connectivity index (χ2n) is 5.03. The summed E-state index contributed by atoms with van der Waals surface area (Å²) in [6.07, 6.45) is 1.93. The highest BCUT2D eigenvalue weighted by Gasteiger charge is 2.01.